The van der Waals surface area contributed by atoms with E-state index < -0.39 is 11.5 Å². The normalized spacial score (nSPS) is 21.9. The smallest absolute Gasteiger partial charge is 0.242 e. The van der Waals surface area contributed by atoms with Crippen molar-refractivity contribution in [3.63, 3.8) is 0 Å². The predicted octanol–water partition coefficient (Wildman–Crippen LogP) is 0.860. The van der Waals surface area contributed by atoms with Gasteiger partial charge in [-0.3, -0.25) is 14.3 Å². The summed E-state index contributed by atoms with van der Waals surface area (Å²) in [4.78, 5) is 26.4. The average Bonchev–Trinajstić information content (AvgIpc) is 3.18. The molecule has 3 N–H and O–H groups in total. The third kappa shape index (κ3) is 5.17. The number of hydrogen-bond acceptors (Lipinski definition) is 5. The number of aromatic nitrogens is 3. The topological polar surface area (TPSA) is 101 Å². The molecule has 2 aliphatic heterocycles. The summed E-state index contributed by atoms with van der Waals surface area (Å²) in [6.45, 7) is 2.77. The van der Waals surface area contributed by atoms with Crippen LogP contribution < -0.4 is 16.0 Å². The maximum absolute atomic E-state index is 13.5. The largest absolute Gasteiger partial charge is 0.354 e. The van der Waals surface area contributed by atoms with Crippen LogP contribution in [0.25, 0.3) is 0 Å². The molecule has 4 rings (SSSR count). The number of aryl methyl sites for hydroxylation is 1. The Morgan fingerprint density at radius 2 is 1.87 bits per heavy atom. The monoisotopic (exact) mass is 432 g/mol. The van der Waals surface area contributed by atoms with Gasteiger partial charge in [0.2, 0.25) is 11.8 Å². The Hall–Kier alpha value is -2.45. The van der Waals surface area contributed by atoms with Gasteiger partial charge in [0.1, 0.15) is 6.04 Å². The van der Waals surface area contributed by atoms with E-state index in [-0.39, 0.29) is 24.2 Å². The summed E-state index contributed by atoms with van der Waals surface area (Å²) in [6.07, 6.45) is 5.13. The van der Waals surface area contributed by atoms with Crippen LogP contribution in [0.5, 0.6) is 0 Å². The first-order valence-electron chi connectivity index (χ1n) is 10.4. The van der Waals surface area contributed by atoms with Gasteiger partial charge in [-0.2, -0.15) is 0 Å². The van der Waals surface area contributed by atoms with Crippen molar-refractivity contribution in [2.75, 3.05) is 19.6 Å². The van der Waals surface area contributed by atoms with Gasteiger partial charge in [0.25, 0.3) is 0 Å². The number of nitrogens with one attached hydrogen (secondary N) is 3. The second-order valence-electron chi connectivity index (χ2n) is 8.04. The highest BCUT2D eigenvalue weighted by Crippen LogP contribution is 2.33. The Labute approximate surface area is 182 Å². The molecule has 2 aliphatic rings. The first-order valence-corrected chi connectivity index (χ1v) is 10.4. The van der Waals surface area contributed by atoms with Gasteiger partial charge in [-0.05, 0) is 37.9 Å². The van der Waals surface area contributed by atoms with Crippen LogP contribution in [0.3, 0.4) is 0 Å². The summed E-state index contributed by atoms with van der Waals surface area (Å²) in [7, 11) is 0. The van der Waals surface area contributed by atoms with Crippen molar-refractivity contribution in [3.8, 4) is 0 Å². The van der Waals surface area contributed by atoms with Crippen LogP contribution in [0.4, 0.5) is 0 Å². The van der Waals surface area contributed by atoms with Gasteiger partial charge < -0.3 is 16.0 Å². The van der Waals surface area contributed by atoms with Crippen LogP contribution in [-0.4, -0.2) is 52.5 Å². The molecule has 2 amide bonds. The zero-order chi connectivity index (χ0) is 20.1. The van der Waals surface area contributed by atoms with Crippen molar-refractivity contribution in [1.82, 2.24) is 30.9 Å². The van der Waals surface area contributed by atoms with E-state index in [2.05, 4.69) is 26.3 Å². The quantitative estimate of drug-likeness (QED) is 0.653. The number of rotatable bonds is 2. The third-order valence-electron chi connectivity index (χ3n) is 5.92. The van der Waals surface area contributed by atoms with Crippen LogP contribution >= 0.6 is 12.4 Å². The second kappa shape index (κ2) is 10.0. The molecule has 0 aliphatic carbocycles. The molecule has 1 aromatic carbocycles. The van der Waals surface area contributed by atoms with Gasteiger partial charge in [-0.15, -0.1) is 17.5 Å². The molecule has 0 unspecified atom stereocenters. The highest BCUT2D eigenvalue weighted by atomic mass is 35.5. The van der Waals surface area contributed by atoms with E-state index in [0.29, 0.717) is 38.8 Å². The first kappa shape index (κ1) is 22.2. The number of amides is 2. The molecule has 162 valence electrons. The highest BCUT2D eigenvalue weighted by molar-refractivity contribution is 5.90. The van der Waals surface area contributed by atoms with E-state index in [4.69, 9.17) is 0 Å². The van der Waals surface area contributed by atoms with Crippen LogP contribution in [0.1, 0.15) is 30.5 Å². The predicted molar refractivity (Wildman–Crippen MR) is 115 cm³/mol. The fourth-order valence-corrected chi connectivity index (χ4v) is 4.21. The van der Waals surface area contributed by atoms with E-state index in [1.54, 1.807) is 4.68 Å². The lowest BCUT2D eigenvalue weighted by atomic mass is 9.74. The number of carbonyl (C=O) groups is 2. The lowest BCUT2D eigenvalue weighted by molar-refractivity contribution is -0.136. The highest BCUT2D eigenvalue weighted by Gasteiger charge is 2.41. The fraction of sp³-hybridized carbons (Fsp3) is 0.524. The zero-order valence-corrected chi connectivity index (χ0v) is 17.8. The lowest BCUT2D eigenvalue weighted by Crippen LogP contribution is -2.55. The summed E-state index contributed by atoms with van der Waals surface area (Å²) < 4.78 is 1.80. The number of halogens is 1. The summed E-state index contributed by atoms with van der Waals surface area (Å²) in [6, 6.07) is 9.22. The van der Waals surface area contributed by atoms with Gasteiger partial charge in [-0.1, -0.05) is 35.5 Å². The molecular weight excluding hydrogens is 404 g/mol. The minimum absolute atomic E-state index is 0. The molecule has 9 heteroatoms. The molecule has 1 atom stereocenters. The molecule has 8 nitrogen and oxygen atoms in total. The van der Waals surface area contributed by atoms with E-state index in [1.165, 1.54) is 0 Å². The van der Waals surface area contributed by atoms with Gasteiger partial charge in [0.05, 0.1) is 11.1 Å². The number of fused-ring (bicyclic) bond motifs is 2. The van der Waals surface area contributed by atoms with E-state index in [1.807, 2.05) is 36.5 Å². The van der Waals surface area contributed by atoms with E-state index in [9.17, 15) is 9.59 Å². The molecule has 3 heterocycles. The van der Waals surface area contributed by atoms with E-state index >= 15 is 0 Å². The molecule has 30 heavy (non-hydrogen) atoms. The summed E-state index contributed by atoms with van der Waals surface area (Å²) in [5.74, 6) is -0.201. The standard InChI is InChI=1S/C21H28N6O2.ClH/c28-19-18(13-16-5-2-1-3-6-16)24-20(29)21(7-10-22-11-8-21)14-17-15-27(26-25-17)12-4-9-23-19;/h1-3,5-6,15,18,22H,4,7-14H2,(H,23,28)(H,24,29);1H/t18-;/m0./s1. The average molecular weight is 433 g/mol. The van der Waals surface area contributed by atoms with Gasteiger partial charge in [0.15, 0.2) is 0 Å². The van der Waals surface area contributed by atoms with Crippen LogP contribution in [0.15, 0.2) is 36.5 Å². The molecule has 1 saturated heterocycles. The summed E-state index contributed by atoms with van der Waals surface area (Å²) in [5.41, 5.74) is 1.29. The maximum atomic E-state index is 13.5. The Morgan fingerprint density at radius 1 is 1.10 bits per heavy atom. The van der Waals surface area contributed by atoms with E-state index in [0.717, 1.165) is 30.8 Å². The lowest BCUT2D eigenvalue weighted by Gasteiger charge is -2.36. The minimum atomic E-state index is -0.592. The Kier molecular flexibility index (Phi) is 7.44. The van der Waals surface area contributed by atoms with Crippen LogP contribution in [0.2, 0.25) is 0 Å². The van der Waals surface area contributed by atoms with Crippen molar-refractivity contribution < 1.29 is 9.59 Å². The molecule has 0 saturated carbocycles. The molecule has 1 fully saturated rings. The zero-order valence-electron chi connectivity index (χ0n) is 17.0. The molecule has 2 bridgehead atoms. The summed E-state index contributed by atoms with van der Waals surface area (Å²) in [5, 5.41) is 17.9. The second-order valence-corrected chi connectivity index (χ2v) is 8.04. The number of piperidine rings is 1. The number of nitrogens with zero attached hydrogens (tertiary/aromatic N) is 3. The third-order valence-corrected chi connectivity index (χ3v) is 5.92. The first-order chi connectivity index (χ1) is 14.1. The SMILES string of the molecule is Cl.O=C1NCCCn2cc(nn2)CC2(CCNCC2)C(=O)N[C@H]1Cc1ccccc1. The fourth-order valence-electron chi connectivity index (χ4n) is 4.21. The molecule has 0 radical (unpaired) electrons. The van der Waals surface area contributed by atoms with Crippen LogP contribution in [-0.2, 0) is 29.0 Å². The number of hydrogen-bond donors (Lipinski definition) is 3. The molecule has 1 spiro atoms. The number of carbonyl (C=O) groups excluding carboxylic acids is 2. The Morgan fingerprint density at radius 3 is 2.63 bits per heavy atom. The minimum Gasteiger partial charge on any atom is -0.354 e. The maximum Gasteiger partial charge on any atom is 0.242 e. The van der Waals surface area contributed by atoms with Crippen molar-refractivity contribution in [3.05, 3.63) is 47.8 Å². The van der Waals surface area contributed by atoms with Crippen molar-refractivity contribution in [2.24, 2.45) is 5.41 Å². The Bertz CT molecular complexity index is 850. The molecule has 2 aromatic rings. The van der Waals surface area contributed by atoms with Crippen LogP contribution in [0, 0.1) is 5.41 Å². The van der Waals surface area contributed by atoms with Crippen molar-refractivity contribution >= 4 is 24.2 Å². The molecular formula is C21H29ClN6O2. The number of benzene rings is 1. The molecule has 1 aromatic heterocycles. The van der Waals surface area contributed by atoms with Crippen molar-refractivity contribution in [2.45, 2.75) is 44.7 Å². The van der Waals surface area contributed by atoms with Gasteiger partial charge in [0, 0.05) is 32.1 Å². The van der Waals surface area contributed by atoms with Gasteiger partial charge >= 0.3 is 0 Å². The van der Waals surface area contributed by atoms with Crippen molar-refractivity contribution in [1.29, 1.82) is 0 Å². The Balaban J connectivity index is 0.00000256. The summed E-state index contributed by atoms with van der Waals surface area (Å²) >= 11 is 0. The van der Waals surface area contributed by atoms with Gasteiger partial charge in [-0.25, -0.2) is 0 Å².